The Labute approximate surface area is 138 Å². The van der Waals surface area contributed by atoms with Crippen molar-refractivity contribution >= 4 is 16.8 Å². The van der Waals surface area contributed by atoms with Gasteiger partial charge in [0.05, 0.1) is 11.7 Å². The summed E-state index contributed by atoms with van der Waals surface area (Å²) in [6.07, 6.45) is 5.56. The average molecular weight is 323 g/mol. The maximum Gasteiger partial charge on any atom is 0.254 e. The molecule has 122 valence electrons. The number of fused-ring (bicyclic) bond motifs is 1. The number of benzene rings is 1. The highest BCUT2D eigenvalue weighted by Gasteiger charge is 2.14. The minimum atomic E-state index is -0.769. The summed E-state index contributed by atoms with van der Waals surface area (Å²) in [7, 11) is 0. The molecule has 0 aliphatic carbocycles. The maximum atomic E-state index is 12.5. The van der Waals surface area contributed by atoms with E-state index in [-0.39, 0.29) is 5.56 Å². The summed E-state index contributed by atoms with van der Waals surface area (Å²) in [5, 5.41) is 0.389. The van der Waals surface area contributed by atoms with Crippen LogP contribution in [0.1, 0.15) is 23.7 Å². The first kappa shape index (κ1) is 15.7. The number of hydrogen-bond acceptors (Lipinski definition) is 4. The van der Waals surface area contributed by atoms with Gasteiger partial charge in [-0.2, -0.15) is 4.73 Å². The lowest BCUT2D eigenvalue weighted by molar-refractivity contribution is 0.0983. The summed E-state index contributed by atoms with van der Waals surface area (Å²) in [4.78, 5) is 33.7. The molecule has 0 aliphatic rings. The molecular formula is C18H17N3O3. The number of carbonyl (C=O) groups excluding carboxylic acids is 1. The molecule has 0 bridgehead atoms. The van der Waals surface area contributed by atoms with Gasteiger partial charge in [-0.05, 0) is 41.8 Å². The number of nitrogens with two attached hydrogens (primary N) is 1. The monoisotopic (exact) mass is 323 g/mol. The fourth-order valence-corrected chi connectivity index (χ4v) is 2.49. The molecule has 0 spiro atoms. The van der Waals surface area contributed by atoms with Crippen LogP contribution in [0.4, 0.5) is 0 Å². The van der Waals surface area contributed by atoms with E-state index in [0.717, 1.165) is 17.5 Å². The van der Waals surface area contributed by atoms with E-state index >= 15 is 0 Å². The highest BCUT2D eigenvalue weighted by Crippen LogP contribution is 2.22. The van der Waals surface area contributed by atoms with E-state index in [1.165, 1.54) is 10.9 Å². The Morgan fingerprint density at radius 1 is 1.21 bits per heavy atom. The third-order valence-electron chi connectivity index (χ3n) is 3.68. The molecule has 0 unspecified atom stereocenters. The summed E-state index contributed by atoms with van der Waals surface area (Å²) in [6.45, 7) is 2.43. The van der Waals surface area contributed by atoms with Crippen molar-refractivity contribution in [2.45, 2.75) is 13.3 Å². The summed E-state index contributed by atoms with van der Waals surface area (Å²) in [5.74, 6) is -0.769. The second-order valence-corrected chi connectivity index (χ2v) is 5.36. The van der Waals surface area contributed by atoms with Gasteiger partial charge in [0.1, 0.15) is 12.2 Å². The standard InChI is InChI=1S/C18H17N3O3/c1-2-9-24-21-11-15(18(19)23)17(22)14-4-3-13(10-16(14)21)12-5-7-20-8-6-12/h3-8,10-11H,2,9H2,1H3,(H2,19,23). The zero-order valence-electron chi connectivity index (χ0n) is 13.2. The molecule has 0 atom stereocenters. The van der Waals surface area contributed by atoms with Crippen molar-refractivity contribution < 1.29 is 9.63 Å². The van der Waals surface area contributed by atoms with Crippen molar-refractivity contribution in [2.75, 3.05) is 6.61 Å². The lowest BCUT2D eigenvalue weighted by Crippen LogP contribution is -2.26. The van der Waals surface area contributed by atoms with E-state index in [9.17, 15) is 9.59 Å². The molecule has 6 nitrogen and oxygen atoms in total. The fraction of sp³-hybridized carbons (Fsp3) is 0.167. The number of primary amides is 1. The predicted octanol–water partition coefficient (Wildman–Crippen LogP) is 2.00. The van der Waals surface area contributed by atoms with Crippen molar-refractivity contribution in [2.24, 2.45) is 5.73 Å². The third-order valence-corrected chi connectivity index (χ3v) is 3.68. The number of hydrogen-bond donors (Lipinski definition) is 1. The minimum absolute atomic E-state index is 0.0877. The molecule has 3 aromatic rings. The van der Waals surface area contributed by atoms with Crippen molar-refractivity contribution in [3.8, 4) is 11.1 Å². The van der Waals surface area contributed by atoms with Gasteiger partial charge in [-0.1, -0.05) is 13.0 Å². The maximum absolute atomic E-state index is 12.5. The molecular weight excluding hydrogens is 306 g/mol. The lowest BCUT2D eigenvalue weighted by Gasteiger charge is -2.14. The van der Waals surface area contributed by atoms with Crippen LogP contribution >= 0.6 is 0 Å². The van der Waals surface area contributed by atoms with Gasteiger partial charge in [0.15, 0.2) is 0 Å². The van der Waals surface area contributed by atoms with E-state index in [1.807, 2.05) is 31.2 Å². The van der Waals surface area contributed by atoms with Crippen LogP contribution in [0.15, 0.2) is 53.7 Å². The Balaban J connectivity index is 2.25. The second-order valence-electron chi connectivity index (χ2n) is 5.36. The van der Waals surface area contributed by atoms with E-state index in [0.29, 0.717) is 17.5 Å². The average Bonchev–Trinajstić information content (AvgIpc) is 2.61. The summed E-state index contributed by atoms with van der Waals surface area (Å²) < 4.78 is 1.45. The van der Waals surface area contributed by atoms with Crippen LogP contribution in [0, 0.1) is 0 Å². The summed E-state index contributed by atoms with van der Waals surface area (Å²) >= 11 is 0. The molecule has 1 aromatic carbocycles. The van der Waals surface area contributed by atoms with Crippen molar-refractivity contribution in [1.29, 1.82) is 0 Å². The molecule has 3 rings (SSSR count). The van der Waals surface area contributed by atoms with Crippen molar-refractivity contribution in [3.63, 3.8) is 0 Å². The van der Waals surface area contributed by atoms with Crippen LogP contribution < -0.4 is 16.0 Å². The Kier molecular flexibility index (Phi) is 4.29. The largest absolute Gasteiger partial charge is 0.414 e. The van der Waals surface area contributed by atoms with E-state index in [2.05, 4.69) is 4.98 Å². The number of nitrogens with zero attached hydrogens (tertiary/aromatic N) is 2. The molecule has 2 aromatic heterocycles. The molecule has 0 saturated heterocycles. The molecule has 2 N–H and O–H groups in total. The smallest absolute Gasteiger partial charge is 0.254 e. The molecule has 2 heterocycles. The van der Waals surface area contributed by atoms with Crippen molar-refractivity contribution in [1.82, 2.24) is 9.71 Å². The molecule has 0 saturated carbocycles. The van der Waals surface area contributed by atoms with E-state index in [4.69, 9.17) is 10.6 Å². The van der Waals surface area contributed by atoms with Gasteiger partial charge in [0, 0.05) is 17.8 Å². The number of aromatic nitrogens is 2. The topological polar surface area (TPSA) is 87.2 Å². The van der Waals surface area contributed by atoms with Crippen LogP contribution in [0.5, 0.6) is 0 Å². The molecule has 6 heteroatoms. The first-order chi connectivity index (χ1) is 11.6. The Bertz CT molecular complexity index is 949. The molecule has 0 aliphatic heterocycles. The van der Waals surface area contributed by atoms with Crippen molar-refractivity contribution in [3.05, 3.63) is 64.7 Å². The zero-order valence-corrected chi connectivity index (χ0v) is 13.2. The van der Waals surface area contributed by atoms with Gasteiger partial charge in [-0.25, -0.2) is 0 Å². The van der Waals surface area contributed by atoms with Crippen LogP contribution in [-0.2, 0) is 0 Å². The summed E-state index contributed by atoms with van der Waals surface area (Å²) in [6, 6.07) is 9.13. The number of amides is 1. The third kappa shape index (κ3) is 2.86. The van der Waals surface area contributed by atoms with Crippen LogP contribution in [0.25, 0.3) is 22.0 Å². The first-order valence-electron chi connectivity index (χ1n) is 7.64. The van der Waals surface area contributed by atoms with Gasteiger partial charge in [0.25, 0.3) is 5.91 Å². The zero-order chi connectivity index (χ0) is 17.1. The molecule has 1 amide bonds. The molecule has 0 radical (unpaired) electrons. The highest BCUT2D eigenvalue weighted by molar-refractivity contribution is 5.96. The molecule has 0 fully saturated rings. The SMILES string of the molecule is CCCOn1cc(C(N)=O)c(=O)c2ccc(-c3ccncc3)cc21. The summed E-state index contributed by atoms with van der Waals surface area (Å²) in [5.41, 5.74) is 7.31. The lowest BCUT2D eigenvalue weighted by atomic mass is 10.0. The van der Waals surface area contributed by atoms with Crippen LogP contribution in [0.2, 0.25) is 0 Å². The number of carbonyl (C=O) groups is 1. The molecule has 24 heavy (non-hydrogen) atoms. The fourth-order valence-electron chi connectivity index (χ4n) is 2.49. The first-order valence-corrected chi connectivity index (χ1v) is 7.64. The highest BCUT2D eigenvalue weighted by atomic mass is 16.7. The number of pyridine rings is 2. The van der Waals surface area contributed by atoms with Gasteiger partial charge >= 0.3 is 0 Å². The predicted molar refractivity (Wildman–Crippen MR) is 91.7 cm³/mol. The second kappa shape index (κ2) is 6.54. The van der Waals surface area contributed by atoms with Gasteiger partial charge in [0.2, 0.25) is 5.43 Å². The number of rotatable bonds is 5. The van der Waals surface area contributed by atoms with Crippen LogP contribution in [-0.4, -0.2) is 22.2 Å². The Morgan fingerprint density at radius 2 is 1.96 bits per heavy atom. The van der Waals surface area contributed by atoms with E-state index < -0.39 is 11.3 Å². The van der Waals surface area contributed by atoms with Gasteiger partial charge < -0.3 is 10.6 Å². The van der Waals surface area contributed by atoms with E-state index in [1.54, 1.807) is 18.5 Å². The quantitative estimate of drug-likeness (QED) is 0.778. The van der Waals surface area contributed by atoms with Gasteiger partial charge in [-0.3, -0.25) is 14.6 Å². The minimum Gasteiger partial charge on any atom is -0.414 e. The Hall–Kier alpha value is -3.15. The van der Waals surface area contributed by atoms with Crippen LogP contribution in [0.3, 0.4) is 0 Å². The Morgan fingerprint density at radius 3 is 2.62 bits per heavy atom. The van der Waals surface area contributed by atoms with Gasteiger partial charge in [-0.15, -0.1) is 0 Å². The normalized spacial score (nSPS) is 10.7.